The zero-order chi connectivity index (χ0) is 20.5. The first kappa shape index (κ1) is 21.8. The molecule has 1 heterocycles. The molecular weight excluding hydrogens is 398 g/mol. The third-order valence-electron chi connectivity index (χ3n) is 3.95. The normalized spacial score (nSPS) is 12.6. The predicted molar refractivity (Wildman–Crippen MR) is 117 cm³/mol. The number of methoxy groups -OCH3 is 1. The fourth-order valence-electron chi connectivity index (χ4n) is 2.40. The minimum absolute atomic E-state index is 0.152. The Hall–Kier alpha value is -2.47. The van der Waals surface area contributed by atoms with Crippen molar-refractivity contribution in [1.82, 2.24) is 37.3 Å². The van der Waals surface area contributed by atoms with E-state index in [4.69, 9.17) is 33.6 Å². The van der Waals surface area contributed by atoms with E-state index in [2.05, 4.69) is 37.3 Å². The van der Waals surface area contributed by atoms with Crippen LogP contribution in [-0.4, -0.2) is 42.5 Å². The van der Waals surface area contributed by atoms with Crippen LogP contribution in [0.15, 0.2) is 35.1 Å². The predicted octanol–water partition coefficient (Wildman–Crippen LogP) is 0.977. The molecule has 1 aromatic heterocycles. The Labute approximate surface area is 174 Å². The van der Waals surface area contributed by atoms with Gasteiger partial charge in [0.15, 0.2) is 22.4 Å². The van der Waals surface area contributed by atoms with Crippen LogP contribution < -0.4 is 37.1 Å². The summed E-state index contributed by atoms with van der Waals surface area (Å²) >= 11 is 10.3. The van der Waals surface area contributed by atoms with Crippen molar-refractivity contribution in [3.8, 4) is 17.1 Å². The maximum atomic E-state index is 5.68. The number of hydrazine groups is 2. The fourth-order valence-corrected chi connectivity index (χ4v) is 2.51. The van der Waals surface area contributed by atoms with Crippen LogP contribution in [0.3, 0.4) is 0 Å². The van der Waals surface area contributed by atoms with E-state index < -0.39 is 0 Å². The molecule has 0 aliphatic heterocycles. The molecule has 9 nitrogen and oxygen atoms in total. The molecule has 2 unspecified atom stereocenters. The number of hydrogen-bond donors (Lipinski definition) is 6. The molecule has 11 heteroatoms. The molecule has 6 N–H and O–H groups in total. The van der Waals surface area contributed by atoms with E-state index in [9.17, 15) is 0 Å². The number of thiocarbonyl (C=S) groups is 2. The number of nitrogens with one attached hydrogen (secondary N) is 6. The summed E-state index contributed by atoms with van der Waals surface area (Å²) in [6.45, 7) is 1.97. The first-order chi connectivity index (χ1) is 13.5. The zero-order valence-corrected chi connectivity index (χ0v) is 17.8. The number of ether oxygens (including phenoxy) is 1. The van der Waals surface area contributed by atoms with Gasteiger partial charge in [-0.3, -0.25) is 10.9 Å². The SMILES string of the molecule is CNC(=S)NNC(C)C(NNC(=S)NC)c1ncoc1-c1ccc(OC)cc1. The van der Waals surface area contributed by atoms with Gasteiger partial charge >= 0.3 is 0 Å². The number of benzene rings is 1. The average molecular weight is 424 g/mol. The Morgan fingerprint density at radius 3 is 2.21 bits per heavy atom. The molecule has 2 atom stereocenters. The van der Waals surface area contributed by atoms with Crippen molar-refractivity contribution in [3.63, 3.8) is 0 Å². The van der Waals surface area contributed by atoms with Crippen LogP contribution >= 0.6 is 24.4 Å². The second kappa shape index (κ2) is 10.8. The Morgan fingerprint density at radius 2 is 1.64 bits per heavy atom. The third-order valence-corrected chi connectivity index (χ3v) is 4.56. The lowest BCUT2D eigenvalue weighted by atomic mass is 10.0. The van der Waals surface area contributed by atoms with Crippen molar-refractivity contribution < 1.29 is 9.15 Å². The standard InChI is InChI=1S/C17H25N7O2S2/c1-10(21-23-16(27)18-2)13(22-24-17(28)19-3)14-15(26-9-20-14)11-5-7-12(25-4)8-6-11/h5-10,13,21-22H,1-4H3,(H2,18,23,27)(H2,19,24,28). The van der Waals surface area contributed by atoms with Gasteiger partial charge in [-0.15, -0.1) is 0 Å². The Balaban J connectivity index is 2.27. The molecule has 0 bridgehead atoms. The van der Waals surface area contributed by atoms with Crippen molar-refractivity contribution in [2.45, 2.75) is 19.0 Å². The summed E-state index contributed by atoms with van der Waals surface area (Å²) in [4.78, 5) is 4.43. The molecule has 2 rings (SSSR count). The lowest BCUT2D eigenvalue weighted by molar-refractivity contribution is 0.364. The second-order valence-electron chi connectivity index (χ2n) is 5.76. The number of aromatic nitrogens is 1. The maximum absolute atomic E-state index is 5.68. The molecule has 1 aromatic carbocycles. The summed E-state index contributed by atoms with van der Waals surface area (Å²) in [5.74, 6) is 1.41. The molecule has 0 fully saturated rings. The van der Waals surface area contributed by atoms with Gasteiger partial charge < -0.3 is 19.8 Å². The maximum Gasteiger partial charge on any atom is 0.181 e. The van der Waals surface area contributed by atoms with Crippen molar-refractivity contribution in [2.24, 2.45) is 0 Å². The highest BCUT2D eigenvalue weighted by molar-refractivity contribution is 7.80. The van der Waals surface area contributed by atoms with Crippen molar-refractivity contribution in [1.29, 1.82) is 0 Å². The first-order valence-corrected chi connectivity index (χ1v) is 9.36. The van der Waals surface area contributed by atoms with Gasteiger partial charge in [0.25, 0.3) is 0 Å². The first-order valence-electron chi connectivity index (χ1n) is 8.54. The third kappa shape index (κ3) is 5.76. The lowest BCUT2D eigenvalue weighted by Crippen LogP contribution is -2.54. The van der Waals surface area contributed by atoms with Gasteiger partial charge in [0.1, 0.15) is 11.4 Å². The molecule has 0 spiro atoms. The van der Waals surface area contributed by atoms with E-state index in [1.165, 1.54) is 6.39 Å². The van der Waals surface area contributed by atoms with Gasteiger partial charge in [-0.1, -0.05) is 0 Å². The molecule has 0 aliphatic rings. The van der Waals surface area contributed by atoms with Crippen molar-refractivity contribution in [2.75, 3.05) is 21.2 Å². The van der Waals surface area contributed by atoms with Crippen LogP contribution in [0, 0.1) is 0 Å². The summed E-state index contributed by atoms with van der Waals surface area (Å²) in [6.07, 6.45) is 1.42. The topological polar surface area (TPSA) is 107 Å². The van der Waals surface area contributed by atoms with Crippen LogP contribution in [-0.2, 0) is 0 Å². The van der Waals surface area contributed by atoms with Gasteiger partial charge in [0.2, 0.25) is 0 Å². The summed E-state index contributed by atoms with van der Waals surface area (Å²) < 4.78 is 10.9. The second-order valence-corrected chi connectivity index (χ2v) is 6.57. The highest BCUT2D eigenvalue weighted by Crippen LogP contribution is 2.30. The molecule has 0 saturated carbocycles. The minimum Gasteiger partial charge on any atom is -0.497 e. The zero-order valence-electron chi connectivity index (χ0n) is 16.1. The highest BCUT2D eigenvalue weighted by atomic mass is 32.1. The smallest absolute Gasteiger partial charge is 0.181 e. The summed E-state index contributed by atoms with van der Waals surface area (Å²) in [7, 11) is 5.10. The Kier molecular flexibility index (Phi) is 8.39. The molecule has 152 valence electrons. The van der Waals surface area contributed by atoms with Crippen LogP contribution in [0.1, 0.15) is 18.7 Å². The van der Waals surface area contributed by atoms with E-state index in [1.807, 2.05) is 31.2 Å². The van der Waals surface area contributed by atoms with Crippen LogP contribution in [0.5, 0.6) is 5.75 Å². The average Bonchev–Trinajstić information content (AvgIpc) is 3.21. The number of oxazole rings is 1. The van der Waals surface area contributed by atoms with E-state index in [0.29, 0.717) is 21.7 Å². The quantitative estimate of drug-likeness (QED) is 0.270. The molecule has 0 saturated heterocycles. The summed E-state index contributed by atoms with van der Waals surface area (Å²) in [5, 5.41) is 6.62. The van der Waals surface area contributed by atoms with Gasteiger partial charge in [-0.2, -0.15) is 0 Å². The molecule has 0 amide bonds. The Morgan fingerprint density at radius 1 is 1.04 bits per heavy atom. The van der Waals surface area contributed by atoms with Gasteiger partial charge in [0, 0.05) is 25.7 Å². The molecule has 28 heavy (non-hydrogen) atoms. The van der Waals surface area contributed by atoms with Gasteiger partial charge in [-0.05, 0) is 55.6 Å². The number of hydrogen-bond acceptors (Lipinski definition) is 7. The fraction of sp³-hybridized carbons (Fsp3) is 0.353. The van der Waals surface area contributed by atoms with Crippen LogP contribution in [0.25, 0.3) is 11.3 Å². The van der Waals surface area contributed by atoms with Crippen molar-refractivity contribution >= 4 is 34.7 Å². The van der Waals surface area contributed by atoms with E-state index >= 15 is 0 Å². The highest BCUT2D eigenvalue weighted by Gasteiger charge is 2.26. The molecule has 0 aliphatic carbocycles. The summed E-state index contributed by atoms with van der Waals surface area (Å²) in [5.41, 5.74) is 13.8. The largest absolute Gasteiger partial charge is 0.497 e. The van der Waals surface area contributed by atoms with E-state index in [0.717, 1.165) is 11.3 Å². The number of nitrogens with zero attached hydrogens (tertiary/aromatic N) is 1. The van der Waals surface area contributed by atoms with Crippen LogP contribution in [0.4, 0.5) is 0 Å². The summed E-state index contributed by atoms with van der Waals surface area (Å²) in [6, 6.07) is 7.10. The van der Waals surface area contributed by atoms with Gasteiger partial charge in [-0.25, -0.2) is 15.8 Å². The molecular formula is C17H25N7O2S2. The molecule has 0 radical (unpaired) electrons. The Bertz CT molecular complexity index is 782. The monoisotopic (exact) mass is 423 g/mol. The van der Waals surface area contributed by atoms with Crippen LogP contribution in [0.2, 0.25) is 0 Å². The van der Waals surface area contributed by atoms with Gasteiger partial charge in [0.05, 0.1) is 13.2 Å². The van der Waals surface area contributed by atoms with Crippen molar-refractivity contribution in [3.05, 3.63) is 36.4 Å². The number of rotatable bonds is 8. The van der Waals surface area contributed by atoms with E-state index in [-0.39, 0.29) is 12.1 Å². The minimum atomic E-state index is -0.311. The van der Waals surface area contributed by atoms with E-state index in [1.54, 1.807) is 21.2 Å². The molecule has 2 aromatic rings. The lowest BCUT2D eigenvalue weighted by Gasteiger charge is -2.26.